The molecule has 1 aromatic carbocycles. The Morgan fingerprint density at radius 1 is 1.35 bits per heavy atom. The lowest BCUT2D eigenvalue weighted by molar-refractivity contribution is 0.525. The molecule has 4 heteroatoms. The van der Waals surface area contributed by atoms with Crippen LogP contribution in [0.1, 0.15) is 28.6 Å². The van der Waals surface area contributed by atoms with Crippen molar-refractivity contribution in [1.82, 2.24) is 15.4 Å². The predicted molar refractivity (Wildman–Crippen MR) is 68.3 cm³/mol. The summed E-state index contributed by atoms with van der Waals surface area (Å²) in [5.41, 5.74) is 6.72. The van der Waals surface area contributed by atoms with Gasteiger partial charge in [0.1, 0.15) is 5.82 Å². The second kappa shape index (κ2) is 5.12. The predicted octanol–water partition coefficient (Wildman–Crippen LogP) is 1.77. The molecule has 0 spiro atoms. The van der Waals surface area contributed by atoms with Crippen molar-refractivity contribution in [2.45, 2.75) is 26.3 Å². The van der Waals surface area contributed by atoms with Crippen molar-refractivity contribution in [3.63, 3.8) is 0 Å². The molecule has 2 rings (SSSR count). The van der Waals surface area contributed by atoms with E-state index in [0.717, 1.165) is 12.2 Å². The van der Waals surface area contributed by atoms with E-state index in [0.29, 0.717) is 0 Å². The molecule has 0 saturated carbocycles. The summed E-state index contributed by atoms with van der Waals surface area (Å²) in [6, 6.07) is 6.34. The first-order chi connectivity index (χ1) is 8.22. The number of hydrogen-bond acceptors (Lipinski definition) is 3. The maximum absolute atomic E-state index is 5.60. The summed E-state index contributed by atoms with van der Waals surface area (Å²) < 4.78 is 0. The van der Waals surface area contributed by atoms with Gasteiger partial charge in [0.15, 0.2) is 0 Å². The Morgan fingerprint density at radius 2 is 2.06 bits per heavy atom. The summed E-state index contributed by atoms with van der Waals surface area (Å²) in [6.45, 7) is 4.25. The van der Waals surface area contributed by atoms with Crippen LogP contribution in [0.15, 0.2) is 30.6 Å². The molecule has 0 aliphatic heterocycles. The van der Waals surface area contributed by atoms with Gasteiger partial charge in [-0.15, -0.1) is 0 Å². The molecule has 1 unspecified atom stereocenters. The van der Waals surface area contributed by atoms with E-state index in [9.17, 15) is 0 Å². The monoisotopic (exact) mass is 230 g/mol. The number of aromatic nitrogens is 2. The normalized spacial score (nSPS) is 12.6. The highest BCUT2D eigenvalue weighted by molar-refractivity contribution is 5.34. The second-order valence-electron chi connectivity index (χ2n) is 4.27. The van der Waals surface area contributed by atoms with Crippen molar-refractivity contribution < 1.29 is 0 Å². The van der Waals surface area contributed by atoms with Crippen molar-refractivity contribution in [2.24, 2.45) is 5.84 Å². The third-order valence-electron chi connectivity index (χ3n) is 3.10. The summed E-state index contributed by atoms with van der Waals surface area (Å²) in [6.07, 6.45) is 4.39. The van der Waals surface area contributed by atoms with E-state index in [1.165, 1.54) is 16.7 Å². The molecule has 0 radical (unpaired) electrons. The quantitative estimate of drug-likeness (QED) is 0.554. The number of H-pyrrole nitrogens is 1. The van der Waals surface area contributed by atoms with Crippen LogP contribution in [0.3, 0.4) is 0 Å². The number of imidazole rings is 1. The molecule has 1 heterocycles. The number of nitrogens with two attached hydrogens (primary N) is 1. The summed E-state index contributed by atoms with van der Waals surface area (Å²) >= 11 is 0. The van der Waals surface area contributed by atoms with Crippen LogP contribution in [-0.2, 0) is 6.42 Å². The van der Waals surface area contributed by atoms with Crippen LogP contribution in [-0.4, -0.2) is 9.97 Å². The van der Waals surface area contributed by atoms with Crippen molar-refractivity contribution >= 4 is 0 Å². The largest absolute Gasteiger partial charge is 0.347 e. The van der Waals surface area contributed by atoms with Gasteiger partial charge in [0.2, 0.25) is 0 Å². The molecule has 0 bridgehead atoms. The van der Waals surface area contributed by atoms with E-state index >= 15 is 0 Å². The maximum Gasteiger partial charge on any atom is 0.124 e. The third kappa shape index (κ3) is 2.54. The van der Waals surface area contributed by atoms with E-state index in [2.05, 4.69) is 47.4 Å². The lowest BCUT2D eigenvalue weighted by atomic mass is 9.96. The lowest BCUT2D eigenvalue weighted by Crippen LogP contribution is -2.30. The van der Waals surface area contributed by atoms with E-state index in [1.54, 1.807) is 6.20 Å². The minimum atomic E-state index is 0.0183. The maximum atomic E-state index is 5.60. The van der Waals surface area contributed by atoms with Gasteiger partial charge in [-0.1, -0.05) is 18.2 Å². The molecule has 4 N–H and O–H groups in total. The molecule has 90 valence electrons. The first kappa shape index (κ1) is 11.8. The van der Waals surface area contributed by atoms with E-state index < -0.39 is 0 Å². The fourth-order valence-electron chi connectivity index (χ4n) is 2.08. The molecule has 0 fully saturated rings. The highest BCUT2D eigenvalue weighted by Gasteiger charge is 2.15. The van der Waals surface area contributed by atoms with Crippen molar-refractivity contribution in [3.05, 3.63) is 53.1 Å². The fraction of sp³-hybridized carbons (Fsp3) is 0.308. The van der Waals surface area contributed by atoms with E-state index in [1.807, 2.05) is 6.20 Å². The van der Waals surface area contributed by atoms with Crippen LogP contribution in [0.4, 0.5) is 0 Å². The Morgan fingerprint density at radius 3 is 2.59 bits per heavy atom. The first-order valence-corrected chi connectivity index (χ1v) is 5.73. The summed E-state index contributed by atoms with van der Waals surface area (Å²) in [5.74, 6) is 6.47. The Labute approximate surface area is 101 Å². The van der Waals surface area contributed by atoms with Gasteiger partial charge in [-0.3, -0.25) is 5.84 Å². The zero-order chi connectivity index (χ0) is 12.3. The van der Waals surface area contributed by atoms with Crippen LogP contribution < -0.4 is 11.3 Å². The second-order valence-corrected chi connectivity index (χ2v) is 4.27. The Kier molecular flexibility index (Phi) is 3.56. The smallest absolute Gasteiger partial charge is 0.124 e. The number of benzene rings is 1. The molecule has 2 aromatic rings. The van der Waals surface area contributed by atoms with Crippen molar-refractivity contribution in [2.75, 3.05) is 0 Å². The third-order valence-corrected chi connectivity index (χ3v) is 3.10. The molecule has 1 atom stereocenters. The minimum Gasteiger partial charge on any atom is -0.347 e. The zero-order valence-electron chi connectivity index (χ0n) is 10.2. The van der Waals surface area contributed by atoms with Crippen LogP contribution in [0.5, 0.6) is 0 Å². The van der Waals surface area contributed by atoms with E-state index in [-0.39, 0.29) is 6.04 Å². The summed E-state index contributed by atoms with van der Waals surface area (Å²) in [4.78, 5) is 7.34. The molecule has 17 heavy (non-hydrogen) atoms. The molecule has 0 aliphatic carbocycles. The van der Waals surface area contributed by atoms with Gasteiger partial charge in [-0.25, -0.2) is 10.4 Å². The number of nitrogens with zero attached hydrogens (tertiary/aromatic N) is 1. The number of hydrogen-bond donors (Lipinski definition) is 3. The molecule has 1 aromatic heterocycles. The molecule has 0 aliphatic rings. The van der Waals surface area contributed by atoms with Gasteiger partial charge in [0, 0.05) is 12.4 Å². The van der Waals surface area contributed by atoms with Crippen LogP contribution in [0, 0.1) is 13.8 Å². The number of aromatic amines is 1. The number of rotatable bonds is 4. The standard InChI is InChI=1S/C13H18N4/c1-9-4-3-5-10(2)11(9)8-12(17-14)13-15-6-7-16-13/h3-7,12,17H,8,14H2,1-2H3,(H,15,16). The van der Waals surface area contributed by atoms with Crippen LogP contribution in [0.25, 0.3) is 0 Å². The van der Waals surface area contributed by atoms with Gasteiger partial charge in [0.05, 0.1) is 6.04 Å². The Bertz CT molecular complexity index is 456. The zero-order valence-corrected chi connectivity index (χ0v) is 10.2. The fourth-order valence-corrected chi connectivity index (χ4v) is 2.08. The SMILES string of the molecule is Cc1cccc(C)c1CC(NN)c1ncc[nH]1. The van der Waals surface area contributed by atoms with Gasteiger partial charge in [-0.05, 0) is 37.0 Å². The average Bonchev–Trinajstić information content (AvgIpc) is 2.82. The van der Waals surface area contributed by atoms with Crippen molar-refractivity contribution in [1.29, 1.82) is 0 Å². The number of aryl methyl sites for hydroxylation is 2. The highest BCUT2D eigenvalue weighted by Crippen LogP contribution is 2.20. The van der Waals surface area contributed by atoms with Gasteiger partial charge in [0.25, 0.3) is 0 Å². The van der Waals surface area contributed by atoms with E-state index in [4.69, 9.17) is 5.84 Å². The minimum absolute atomic E-state index is 0.0183. The number of nitrogens with one attached hydrogen (secondary N) is 2. The van der Waals surface area contributed by atoms with Gasteiger partial charge >= 0.3 is 0 Å². The van der Waals surface area contributed by atoms with Gasteiger partial charge < -0.3 is 4.98 Å². The lowest BCUT2D eigenvalue weighted by Gasteiger charge is -2.16. The molecule has 0 amide bonds. The average molecular weight is 230 g/mol. The van der Waals surface area contributed by atoms with Gasteiger partial charge in [-0.2, -0.15) is 0 Å². The topological polar surface area (TPSA) is 66.7 Å². The Balaban J connectivity index is 2.25. The Hall–Kier alpha value is -1.65. The van der Waals surface area contributed by atoms with Crippen LogP contribution >= 0.6 is 0 Å². The highest BCUT2D eigenvalue weighted by atomic mass is 15.2. The summed E-state index contributed by atoms with van der Waals surface area (Å²) in [7, 11) is 0. The molecule has 0 saturated heterocycles. The number of hydrazine groups is 1. The summed E-state index contributed by atoms with van der Waals surface area (Å²) in [5, 5.41) is 0. The van der Waals surface area contributed by atoms with Crippen molar-refractivity contribution in [3.8, 4) is 0 Å². The molecular weight excluding hydrogens is 212 g/mol. The van der Waals surface area contributed by atoms with Crippen LogP contribution in [0.2, 0.25) is 0 Å². The molecule has 4 nitrogen and oxygen atoms in total. The molecular formula is C13H18N4. The first-order valence-electron chi connectivity index (χ1n) is 5.73.